The molecule has 2 saturated heterocycles. The summed E-state index contributed by atoms with van der Waals surface area (Å²) in [5.41, 5.74) is 1.15. The van der Waals surface area contributed by atoms with E-state index in [1.54, 1.807) is 4.90 Å². The first-order valence-corrected chi connectivity index (χ1v) is 10.8. The van der Waals surface area contributed by atoms with Crippen LogP contribution in [0.5, 0.6) is 0 Å². The lowest BCUT2D eigenvalue weighted by atomic mass is 9.99. The lowest BCUT2D eigenvalue weighted by Gasteiger charge is -2.37. The molecule has 1 aromatic carbocycles. The standard InChI is InChI=1S/C18H24N2O5S/c1-26(23,24)13-17(21)19-9-7-15(8-10-19)20-16(12-25-18(20)22)11-14-5-3-2-4-6-14/h2-6,15-16H,7-13H2,1H3/t16-/m0/s1. The van der Waals surface area contributed by atoms with Crippen LogP contribution >= 0.6 is 0 Å². The molecule has 142 valence electrons. The molecular formula is C18H24N2O5S. The molecule has 2 fully saturated rings. The highest BCUT2D eigenvalue weighted by molar-refractivity contribution is 7.91. The Hall–Kier alpha value is -2.09. The van der Waals surface area contributed by atoms with Crippen molar-refractivity contribution < 1.29 is 22.7 Å². The summed E-state index contributed by atoms with van der Waals surface area (Å²) in [6, 6.07) is 9.99. The molecule has 0 radical (unpaired) electrons. The van der Waals surface area contributed by atoms with E-state index in [9.17, 15) is 18.0 Å². The summed E-state index contributed by atoms with van der Waals surface area (Å²) >= 11 is 0. The van der Waals surface area contributed by atoms with Crippen LogP contribution in [0.1, 0.15) is 18.4 Å². The van der Waals surface area contributed by atoms with Crippen molar-refractivity contribution in [3.63, 3.8) is 0 Å². The molecule has 8 heteroatoms. The molecule has 1 atom stereocenters. The van der Waals surface area contributed by atoms with Crippen LogP contribution in [0, 0.1) is 0 Å². The Bertz CT molecular complexity index is 757. The second kappa shape index (κ2) is 7.65. The predicted molar refractivity (Wildman–Crippen MR) is 96.4 cm³/mol. The average Bonchev–Trinajstić information content (AvgIpc) is 2.95. The lowest BCUT2D eigenvalue weighted by Crippen LogP contribution is -2.51. The maximum absolute atomic E-state index is 12.2. The number of cyclic esters (lactones) is 1. The quantitative estimate of drug-likeness (QED) is 0.763. The van der Waals surface area contributed by atoms with E-state index in [-0.39, 0.29) is 24.1 Å². The molecule has 0 spiro atoms. The average molecular weight is 380 g/mol. The number of carbonyl (C=O) groups excluding carboxylic acids is 2. The van der Waals surface area contributed by atoms with Crippen molar-refractivity contribution in [1.29, 1.82) is 0 Å². The molecular weight excluding hydrogens is 356 g/mol. The van der Waals surface area contributed by atoms with Gasteiger partial charge in [0.2, 0.25) is 5.91 Å². The molecule has 7 nitrogen and oxygen atoms in total. The van der Waals surface area contributed by atoms with Crippen LogP contribution in [-0.2, 0) is 25.8 Å². The van der Waals surface area contributed by atoms with Crippen LogP contribution < -0.4 is 0 Å². The van der Waals surface area contributed by atoms with E-state index in [1.165, 1.54) is 0 Å². The Morgan fingerprint density at radius 2 is 1.85 bits per heavy atom. The topological polar surface area (TPSA) is 84.0 Å². The Labute approximate surface area is 153 Å². The van der Waals surface area contributed by atoms with Gasteiger partial charge in [0.15, 0.2) is 9.84 Å². The fraction of sp³-hybridized carbons (Fsp3) is 0.556. The van der Waals surface area contributed by atoms with Gasteiger partial charge in [0.25, 0.3) is 0 Å². The number of benzene rings is 1. The first kappa shape index (κ1) is 18.7. The smallest absolute Gasteiger partial charge is 0.410 e. The van der Waals surface area contributed by atoms with Gasteiger partial charge in [-0.1, -0.05) is 30.3 Å². The normalized spacial score (nSPS) is 21.7. The van der Waals surface area contributed by atoms with E-state index in [1.807, 2.05) is 35.2 Å². The van der Waals surface area contributed by atoms with Gasteiger partial charge in [-0.3, -0.25) is 9.69 Å². The van der Waals surface area contributed by atoms with E-state index in [0.717, 1.165) is 18.2 Å². The molecule has 26 heavy (non-hydrogen) atoms. The molecule has 0 saturated carbocycles. The zero-order chi connectivity index (χ0) is 18.7. The molecule has 2 heterocycles. The fourth-order valence-electron chi connectivity index (χ4n) is 3.67. The van der Waals surface area contributed by atoms with Crippen molar-refractivity contribution in [3.8, 4) is 0 Å². The summed E-state index contributed by atoms with van der Waals surface area (Å²) in [7, 11) is -3.33. The van der Waals surface area contributed by atoms with E-state index in [2.05, 4.69) is 0 Å². The van der Waals surface area contributed by atoms with Crippen molar-refractivity contribution in [2.24, 2.45) is 0 Å². The summed E-state index contributed by atoms with van der Waals surface area (Å²) in [6.45, 7) is 1.29. The second-order valence-corrected chi connectivity index (χ2v) is 9.15. The Morgan fingerprint density at radius 1 is 1.19 bits per heavy atom. The Morgan fingerprint density at radius 3 is 2.46 bits per heavy atom. The third-order valence-electron chi connectivity index (χ3n) is 4.91. The maximum Gasteiger partial charge on any atom is 0.410 e. The van der Waals surface area contributed by atoms with Crippen LogP contribution in [-0.4, -0.2) is 74.0 Å². The molecule has 2 aliphatic rings. The highest BCUT2D eigenvalue weighted by atomic mass is 32.2. The summed E-state index contributed by atoms with van der Waals surface area (Å²) in [5, 5.41) is 0. The largest absolute Gasteiger partial charge is 0.447 e. The van der Waals surface area contributed by atoms with Crippen LogP contribution in [0.2, 0.25) is 0 Å². The minimum Gasteiger partial charge on any atom is -0.447 e. The van der Waals surface area contributed by atoms with Gasteiger partial charge in [-0.15, -0.1) is 0 Å². The molecule has 2 aliphatic heterocycles. The zero-order valence-electron chi connectivity index (χ0n) is 14.8. The number of piperidine rings is 1. The molecule has 2 amide bonds. The van der Waals surface area contributed by atoms with Crippen molar-refractivity contribution in [1.82, 2.24) is 9.80 Å². The van der Waals surface area contributed by atoms with Gasteiger partial charge in [0.1, 0.15) is 12.4 Å². The van der Waals surface area contributed by atoms with E-state index in [4.69, 9.17) is 4.74 Å². The van der Waals surface area contributed by atoms with Crippen LogP contribution in [0.4, 0.5) is 4.79 Å². The summed E-state index contributed by atoms with van der Waals surface area (Å²) < 4.78 is 27.9. The van der Waals surface area contributed by atoms with Crippen LogP contribution in [0.3, 0.4) is 0 Å². The molecule has 0 N–H and O–H groups in total. The number of likely N-dealkylation sites (tertiary alicyclic amines) is 1. The van der Waals surface area contributed by atoms with Gasteiger partial charge in [-0.05, 0) is 24.8 Å². The van der Waals surface area contributed by atoms with Crippen molar-refractivity contribution in [2.75, 3.05) is 31.7 Å². The molecule has 0 aromatic heterocycles. The Kier molecular flexibility index (Phi) is 5.50. The summed E-state index contributed by atoms with van der Waals surface area (Å²) in [6.07, 6.45) is 2.77. The number of amides is 2. The SMILES string of the molecule is CS(=O)(=O)CC(=O)N1CCC(N2C(=O)OC[C@@H]2Cc2ccccc2)CC1. The third-order valence-corrected chi connectivity index (χ3v) is 5.69. The van der Waals surface area contributed by atoms with E-state index < -0.39 is 15.6 Å². The molecule has 1 aromatic rings. The van der Waals surface area contributed by atoms with E-state index in [0.29, 0.717) is 32.5 Å². The van der Waals surface area contributed by atoms with E-state index >= 15 is 0 Å². The number of sulfone groups is 1. The maximum atomic E-state index is 12.2. The second-order valence-electron chi connectivity index (χ2n) is 7.01. The van der Waals surface area contributed by atoms with Gasteiger partial charge in [-0.2, -0.15) is 0 Å². The molecule has 0 aliphatic carbocycles. The first-order valence-electron chi connectivity index (χ1n) is 8.78. The number of rotatable bonds is 5. The third kappa shape index (κ3) is 4.55. The highest BCUT2D eigenvalue weighted by Gasteiger charge is 2.39. The van der Waals surface area contributed by atoms with Gasteiger partial charge >= 0.3 is 6.09 Å². The number of hydrogen-bond donors (Lipinski definition) is 0. The molecule has 0 unspecified atom stereocenters. The molecule has 0 bridgehead atoms. The van der Waals surface area contributed by atoms with Gasteiger partial charge in [0, 0.05) is 25.4 Å². The monoisotopic (exact) mass is 380 g/mol. The number of nitrogens with zero attached hydrogens (tertiary/aromatic N) is 2. The minimum atomic E-state index is -3.33. The number of ether oxygens (including phenoxy) is 1. The highest BCUT2D eigenvalue weighted by Crippen LogP contribution is 2.26. The Balaban J connectivity index is 1.60. The van der Waals surface area contributed by atoms with Crippen molar-refractivity contribution in [2.45, 2.75) is 31.3 Å². The molecule has 3 rings (SSSR count). The van der Waals surface area contributed by atoms with Crippen LogP contribution in [0.15, 0.2) is 30.3 Å². The first-order chi connectivity index (χ1) is 12.3. The van der Waals surface area contributed by atoms with Gasteiger partial charge in [0.05, 0.1) is 6.04 Å². The number of hydrogen-bond acceptors (Lipinski definition) is 5. The van der Waals surface area contributed by atoms with Gasteiger partial charge in [-0.25, -0.2) is 13.2 Å². The van der Waals surface area contributed by atoms with Crippen LogP contribution in [0.25, 0.3) is 0 Å². The zero-order valence-corrected chi connectivity index (χ0v) is 15.7. The van der Waals surface area contributed by atoms with Crippen molar-refractivity contribution >= 4 is 21.8 Å². The fourth-order valence-corrected chi connectivity index (χ4v) is 4.30. The van der Waals surface area contributed by atoms with Gasteiger partial charge < -0.3 is 9.64 Å². The minimum absolute atomic E-state index is 0.00632. The lowest BCUT2D eigenvalue weighted by molar-refractivity contribution is -0.129. The predicted octanol–water partition coefficient (Wildman–Crippen LogP) is 1.09. The summed E-state index contributed by atoms with van der Waals surface area (Å²) in [5.74, 6) is -0.823. The van der Waals surface area contributed by atoms with Crippen molar-refractivity contribution in [3.05, 3.63) is 35.9 Å². The summed E-state index contributed by atoms with van der Waals surface area (Å²) in [4.78, 5) is 27.7. The number of carbonyl (C=O) groups is 2.